The minimum Gasteiger partial charge on any atom is -0.388 e. The van der Waals surface area contributed by atoms with Crippen molar-refractivity contribution in [3.8, 4) is 0 Å². The second-order valence-electron chi connectivity index (χ2n) is 8.10. The van der Waals surface area contributed by atoms with Gasteiger partial charge < -0.3 is 10.6 Å². The van der Waals surface area contributed by atoms with Crippen molar-refractivity contribution in [3.63, 3.8) is 0 Å². The normalized spacial score (nSPS) is 20.7. The number of hydrogen-bond acceptors (Lipinski definition) is 5. The third-order valence-electron chi connectivity index (χ3n) is 5.47. The molecule has 176 valence electrons. The summed E-state index contributed by atoms with van der Waals surface area (Å²) in [4.78, 5) is 8.50. The van der Waals surface area contributed by atoms with Crippen molar-refractivity contribution in [2.45, 2.75) is 44.9 Å². The Morgan fingerprint density at radius 1 is 1.34 bits per heavy atom. The first-order chi connectivity index (χ1) is 15.6. The van der Waals surface area contributed by atoms with Crippen LogP contribution in [-0.4, -0.2) is 44.2 Å². The van der Waals surface area contributed by atoms with Crippen molar-refractivity contribution in [2.24, 2.45) is 15.9 Å². The van der Waals surface area contributed by atoms with Gasteiger partial charge in [-0.2, -0.15) is 11.8 Å². The fourth-order valence-corrected chi connectivity index (χ4v) is 4.09. The van der Waals surface area contributed by atoms with Gasteiger partial charge in [-0.15, -0.1) is 0 Å². The van der Waals surface area contributed by atoms with Crippen LogP contribution in [-0.2, 0) is 12.8 Å². The van der Waals surface area contributed by atoms with E-state index in [9.17, 15) is 4.39 Å². The molecule has 0 aliphatic carbocycles. The Morgan fingerprint density at radius 2 is 2.22 bits per heavy atom. The molecular formula is C25H36ClFN4S. The molecule has 0 amide bonds. The summed E-state index contributed by atoms with van der Waals surface area (Å²) in [5.41, 5.74) is 2.64. The number of allylic oxidation sites excluding steroid dienone is 2. The number of aryl methyl sites for hydroxylation is 1. The molecule has 1 aromatic carbocycles. The lowest BCUT2D eigenvalue weighted by molar-refractivity contribution is 0.408. The number of aliphatic imine (C=N–C) groups is 2. The van der Waals surface area contributed by atoms with Crippen LogP contribution < -0.4 is 10.6 Å². The predicted octanol–water partition coefficient (Wildman–Crippen LogP) is 5.73. The summed E-state index contributed by atoms with van der Waals surface area (Å²) in [6.07, 6.45) is 13.9. The van der Waals surface area contributed by atoms with E-state index in [1.807, 2.05) is 6.07 Å². The van der Waals surface area contributed by atoms with Gasteiger partial charge in [0.25, 0.3) is 0 Å². The van der Waals surface area contributed by atoms with E-state index in [-0.39, 0.29) is 5.82 Å². The van der Waals surface area contributed by atoms with E-state index in [2.05, 4.69) is 39.5 Å². The van der Waals surface area contributed by atoms with Gasteiger partial charge >= 0.3 is 0 Å². The van der Waals surface area contributed by atoms with Gasteiger partial charge in [0.15, 0.2) is 0 Å². The van der Waals surface area contributed by atoms with E-state index in [4.69, 9.17) is 11.6 Å². The van der Waals surface area contributed by atoms with Crippen molar-refractivity contribution in [1.29, 1.82) is 0 Å². The summed E-state index contributed by atoms with van der Waals surface area (Å²) in [5.74, 6) is 1.50. The molecule has 0 aromatic heterocycles. The molecule has 0 bridgehead atoms. The van der Waals surface area contributed by atoms with E-state index in [0.29, 0.717) is 22.9 Å². The number of unbranched alkanes of at least 4 members (excludes halogenated alkanes) is 1. The Labute approximate surface area is 201 Å². The number of halogens is 2. The highest BCUT2D eigenvalue weighted by Gasteiger charge is 2.09. The van der Waals surface area contributed by atoms with Crippen LogP contribution in [0.15, 0.2) is 51.7 Å². The Balaban J connectivity index is 1.74. The highest BCUT2D eigenvalue weighted by molar-refractivity contribution is 7.98. The van der Waals surface area contributed by atoms with Gasteiger partial charge in [-0.3, -0.25) is 4.99 Å². The molecule has 1 aromatic rings. The number of rotatable bonds is 11. The Kier molecular flexibility index (Phi) is 13.2. The molecule has 32 heavy (non-hydrogen) atoms. The number of benzene rings is 1. The molecular weight excluding hydrogens is 443 g/mol. The Morgan fingerprint density at radius 3 is 3.03 bits per heavy atom. The first-order valence-corrected chi connectivity index (χ1v) is 13.1. The second kappa shape index (κ2) is 15.9. The molecule has 2 rings (SSSR count). The van der Waals surface area contributed by atoms with Crippen molar-refractivity contribution in [1.82, 2.24) is 10.6 Å². The van der Waals surface area contributed by atoms with Gasteiger partial charge in [-0.05, 0) is 55.1 Å². The highest BCUT2D eigenvalue weighted by atomic mass is 35.5. The average Bonchev–Trinajstić information content (AvgIpc) is 2.76. The van der Waals surface area contributed by atoms with E-state index in [0.717, 1.165) is 75.2 Å². The second-order valence-corrected chi connectivity index (χ2v) is 9.52. The molecule has 0 saturated heterocycles. The molecule has 7 heteroatoms. The monoisotopic (exact) mass is 478 g/mol. The quantitative estimate of drug-likeness (QED) is 0.399. The summed E-state index contributed by atoms with van der Waals surface area (Å²) in [6.45, 7) is 6.55. The molecule has 1 unspecified atom stereocenters. The average molecular weight is 479 g/mol. The molecule has 1 heterocycles. The molecule has 0 fully saturated rings. The highest BCUT2D eigenvalue weighted by Crippen LogP contribution is 2.20. The van der Waals surface area contributed by atoms with Crippen LogP contribution in [0.5, 0.6) is 0 Å². The molecule has 1 aliphatic rings. The smallest absolute Gasteiger partial charge is 0.127 e. The SMILES string of the molecule is C=C(Cc1ccc(CCCCC2CC\N=C/C(Cl)=C\N=C\NCC2)cc1F)NCCSC. The van der Waals surface area contributed by atoms with Crippen molar-refractivity contribution >= 4 is 35.9 Å². The maximum atomic E-state index is 14.5. The van der Waals surface area contributed by atoms with Crippen LogP contribution in [0.3, 0.4) is 0 Å². The maximum Gasteiger partial charge on any atom is 0.127 e. The number of hydrogen-bond donors (Lipinski definition) is 2. The lowest BCUT2D eigenvalue weighted by atomic mass is 9.93. The maximum absolute atomic E-state index is 14.5. The largest absolute Gasteiger partial charge is 0.388 e. The van der Waals surface area contributed by atoms with Crippen LogP contribution >= 0.6 is 23.4 Å². The molecule has 0 saturated carbocycles. The van der Waals surface area contributed by atoms with Crippen LogP contribution in [0.1, 0.15) is 43.2 Å². The number of nitrogens with zero attached hydrogens (tertiary/aromatic N) is 2. The molecule has 2 N–H and O–H groups in total. The van der Waals surface area contributed by atoms with Gasteiger partial charge in [0.1, 0.15) is 5.82 Å². The fourth-order valence-electron chi connectivity index (χ4n) is 3.66. The van der Waals surface area contributed by atoms with Gasteiger partial charge in [0.2, 0.25) is 0 Å². The Hall–Kier alpha value is -1.79. The molecule has 1 aliphatic heterocycles. The standard InChI is InChI=1S/C25H36ClFN4S/c1-20(31-13-14-32-2)15-23-8-7-22(16-25(23)27)6-4-3-5-21-9-11-28-17-24(26)18-30-19-29-12-10-21/h7-8,16-19,21,31H,1,3-6,9-15H2,2H3,(H,29,30)/b24-18+,28-17-. The number of thioether (sulfide) groups is 1. The van der Waals surface area contributed by atoms with Crippen LogP contribution in [0.2, 0.25) is 0 Å². The molecule has 0 radical (unpaired) electrons. The fraction of sp³-hybridized carbons (Fsp3) is 0.520. The summed E-state index contributed by atoms with van der Waals surface area (Å²) >= 11 is 7.80. The number of nitrogens with one attached hydrogen (secondary N) is 2. The summed E-state index contributed by atoms with van der Waals surface area (Å²) in [5, 5.41) is 7.01. The lowest BCUT2D eigenvalue weighted by Gasteiger charge is -2.16. The predicted molar refractivity (Wildman–Crippen MR) is 140 cm³/mol. The van der Waals surface area contributed by atoms with Gasteiger partial charge in [0, 0.05) is 49.9 Å². The van der Waals surface area contributed by atoms with Crippen molar-refractivity contribution < 1.29 is 4.39 Å². The summed E-state index contributed by atoms with van der Waals surface area (Å²) in [7, 11) is 0. The molecule has 0 spiro atoms. The minimum atomic E-state index is -0.132. The third kappa shape index (κ3) is 11.2. The lowest BCUT2D eigenvalue weighted by Crippen LogP contribution is -2.17. The first kappa shape index (κ1) is 26.5. The van der Waals surface area contributed by atoms with Gasteiger partial charge in [0.05, 0.1) is 11.4 Å². The van der Waals surface area contributed by atoms with Gasteiger partial charge in [-0.1, -0.05) is 43.2 Å². The zero-order valence-electron chi connectivity index (χ0n) is 19.1. The molecule has 4 nitrogen and oxygen atoms in total. The van der Waals surface area contributed by atoms with E-state index in [1.54, 1.807) is 36.6 Å². The van der Waals surface area contributed by atoms with Gasteiger partial charge in [-0.25, -0.2) is 9.38 Å². The summed E-state index contributed by atoms with van der Waals surface area (Å²) in [6, 6.07) is 5.65. The van der Waals surface area contributed by atoms with Crippen LogP contribution in [0.4, 0.5) is 4.39 Å². The zero-order valence-corrected chi connectivity index (χ0v) is 20.7. The zero-order chi connectivity index (χ0) is 23.0. The van der Waals surface area contributed by atoms with E-state index in [1.165, 1.54) is 0 Å². The van der Waals surface area contributed by atoms with E-state index < -0.39 is 0 Å². The van der Waals surface area contributed by atoms with Crippen molar-refractivity contribution in [2.75, 3.05) is 31.6 Å². The van der Waals surface area contributed by atoms with Crippen LogP contribution in [0, 0.1) is 11.7 Å². The topological polar surface area (TPSA) is 48.8 Å². The van der Waals surface area contributed by atoms with Crippen LogP contribution in [0.25, 0.3) is 0 Å². The van der Waals surface area contributed by atoms with Crippen molar-refractivity contribution in [3.05, 3.63) is 58.7 Å². The van der Waals surface area contributed by atoms with E-state index >= 15 is 0 Å². The minimum absolute atomic E-state index is 0.132. The Bertz CT molecular complexity index is 794. The first-order valence-electron chi connectivity index (χ1n) is 11.4. The third-order valence-corrected chi connectivity index (χ3v) is 6.28. The summed E-state index contributed by atoms with van der Waals surface area (Å²) < 4.78 is 14.5. The molecule has 1 atom stereocenters.